The highest BCUT2D eigenvalue weighted by Crippen LogP contribution is 2.26. The fourth-order valence-corrected chi connectivity index (χ4v) is 2.04. The van der Waals surface area contributed by atoms with Crippen molar-refractivity contribution in [2.24, 2.45) is 5.73 Å². The molecule has 0 spiro atoms. The molecule has 114 valence electrons. The highest BCUT2D eigenvalue weighted by atomic mass is 16.5. The van der Waals surface area contributed by atoms with Gasteiger partial charge in [0, 0.05) is 12.6 Å². The van der Waals surface area contributed by atoms with Gasteiger partial charge in [-0.15, -0.1) is 0 Å². The second kappa shape index (κ2) is 9.61. The van der Waals surface area contributed by atoms with Gasteiger partial charge < -0.3 is 15.2 Å². The number of ether oxygens (including phenoxy) is 2. The molecule has 0 bridgehead atoms. The molecule has 0 aliphatic heterocycles. The minimum Gasteiger partial charge on any atom is -0.490 e. The van der Waals surface area contributed by atoms with E-state index in [4.69, 9.17) is 15.2 Å². The van der Waals surface area contributed by atoms with E-state index in [0.717, 1.165) is 37.6 Å². The predicted octanol–water partition coefficient (Wildman–Crippen LogP) is 2.52. The molecule has 0 amide bonds. The molecule has 20 heavy (non-hydrogen) atoms. The molecule has 4 nitrogen and oxygen atoms in total. The lowest BCUT2D eigenvalue weighted by molar-refractivity contribution is 0.171. The lowest BCUT2D eigenvalue weighted by Crippen LogP contribution is -2.36. The van der Waals surface area contributed by atoms with Gasteiger partial charge in [0.2, 0.25) is 0 Å². The highest BCUT2D eigenvalue weighted by Gasteiger charge is 2.09. The third kappa shape index (κ3) is 5.80. The Balaban J connectivity index is 2.45. The van der Waals surface area contributed by atoms with Gasteiger partial charge in [-0.05, 0) is 52.4 Å². The molecular weight excluding hydrogens is 252 g/mol. The summed E-state index contributed by atoms with van der Waals surface area (Å²) in [5.74, 6) is 1.63. The zero-order chi connectivity index (χ0) is 14.8. The minimum atomic E-state index is 0.507. The first kappa shape index (κ1) is 16.8. The Morgan fingerprint density at radius 1 is 1.10 bits per heavy atom. The molecule has 0 unspecified atom stereocenters. The average molecular weight is 280 g/mol. The summed E-state index contributed by atoms with van der Waals surface area (Å²) >= 11 is 0. The van der Waals surface area contributed by atoms with Gasteiger partial charge in [0.15, 0.2) is 11.5 Å². The average Bonchev–Trinajstić information content (AvgIpc) is 2.44. The molecule has 0 heterocycles. The van der Waals surface area contributed by atoms with Crippen LogP contribution >= 0.6 is 0 Å². The number of nitrogens with zero attached hydrogens (tertiary/aromatic N) is 1. The van der Waals surface area contributed by atoms with Crippen molar-refractivity contribution >= 4 is 0 Å². The number of nitrogens with two attached hydrogens (primary N) is 1. The van der Waals surface area contributed by atoms with Crippen molar-refractivity contribution in [3.63, 3.8) is 0 Å². The molecule has 0 aliphatic carbocycles. The van der Waals surface area contributed by atoms with E-state index in [9.17, 15) is 0 Å². The molecule has 2 N–H and O–H groups in total. The first-order chi connectivity index (χ1) is 9.69. The van der Waals surface area contributed by atoms with Gasteiger partial charge in [0.05, 0.1) is 6.61 Å². The van der Waals surface area contributed by atoms with Crippen LogP contribution in [0.25, 0.3) is 0 Å². The van der Waals surface area contributed by atoms with Crippen LogP contribution in [-0.4, -0.2) is 43.8 Å². The molecule has 0 atom stereocenters. The molecule has 4 heteroatoms. The fourth-order valence-electron chi connectivity index (χ4n) is 2.04. The van der Waals surface area contributed by atoms with Crippen LogP contribution in [-0.2, 0) is 0 Å². The molecule has 1 aromatic rings. The van der Waals surface area contributed by atoms with Gasteiger partial charge in [0.1, 0.15) is 6.61 Å². The monoisotopic (exact) mass is 280 g/mol. The SMILES string of the molecule is CCOc1ccccc1OCCN(CCCN)C(C)C. The number of hydrogen-bond acceptors (Lipinski definition) is 4. The Morgan fingerprint density at radius 2 is 1.75 bits per heavy atom. The van der Waals surface area contributed by atoms with Crippen molar-refractivity contribution in [2.75, 3.05) is 32.8 Å². The third-order valence-electron chi connectivity index (χ3n) is 3.16. The summed E-state index contributed by atoms with van der Waals surface area (Å²) in [6.07, 6.45) is 1.02. The van der Waals surface area contributed by atoms with E-state index in [2.05, 4.69) is 18.7 Å². The Hall–Kier alpha value is -1.26. The molecule has 1 rings (SSSR count). The maximum atomic E-state index is 5.85. The summed E-state index contributed by atoms with van der Waals surface area (Å²) in [6, 6.07) is 8.32. The van der Waals surface area contributed by atoms with Crippen LogP contribution in [0.3, 0.4) is 0 Å². The summed E-state index contributed by atoms with van der Waals surface area (Å²) in [6.45, 7) is 10.3. The second-order valence-corrected chi connectivity index (χ2v) is 5.00. The van der Waals surface area contributed by atoms with Crippen molar-refractivity contribution in [2.45, 2.75) is 33.2 Å². The Labute approximate surface area is 122 Å². The molecule has 0 fully saturated rings. The van der Waals surface area contributed by atoms with Gasteiger partial charge in [0.25, 0.3) is 0 Å². The van der Waals surface area contributed by atoms with E-state index >= 15 is 0 Å². The standard InChI is InChI=1S/C16H28N2O2/c1-4-19-15-8-5-6-9-16(15)20-13-12-18(14(2)3)11-7-10-17/h5-6,8-9,14H,4,7,10-13,17H2,1-3H3. The Bertz CT molecular complexity index is 369. The maximum absolute atomic E-state index is 5.85. The summed E-state index contributed by atoms with van der Waals surface area (Å²) in [4.78, 5) is 2.39. The predicted molar refractivity (Wildman–Crippen MR) is 83.5 cm³/mol. The van der Waals surface area contributed by atoms with Crippen LogP contribution < -0.4 is 15.2 Å². The summed E-state index contributed by atoms with van der Waals surface area (Å²) in [5, 5.41) is 0. The zero-order valence-corrected chi connectivity index (χ0v) is 13.0. The number of rotatable bonds is 10. The second-order valence-electron chi connectivity index (χ2n) is 5.00. The van der Waals surface area contributed by atoms with Crippen LogP contribution in [0, 0.1) is 0 Å². The normalized spacial score (nSPS) is 11.1. The molecule has 1 aromatic carbocycles. The van der Waals surface area contributed by atoms with Crippen molar-refractivity contribution in [3.05, 3.63) is 24.3 Å². The van der Waals surface area contributed by atoms with Gasteiger partial charge in [-0.2, -0.15) is 0 Å². The first-order valence-corrected chi connectivity index (χ1v) is 7.47. The smallest absolute Gasteiger partial charge is 0.161 e. The number of benzene rings is 1. The van der Waals surface area contributed by atoms with Crippen molar-refractivity contribution < 1.29 is 9.47 Å². The van der Waals surface area contributed by atoms with Crippen LogP contribution in [0.2, 0.25) is 0 Å². The van der Waals surface area contributed by atoms with E-state index < -0.39 is 0 Å². The van der Waals surface area contributed by atoms with Crippen LogP contribution in [0.1, 0.15) is 27.2 Å². The third-order valence-corrected chi connectivity index (χ3v) is 3.16. The lowest BCUT2D eigenvalue weighted by atomic mass is 10.3. The van der Waals surface area contributed by atoms with Crippen molar-refractivity contribution in [1.82, 2.24) is 4.90 Å². The molecule has 0 radical (unpaired) electrons. The number of hydrogen-bond donors (Lipinski definition) is 1. The van der Waals surface area contributed by atoms with Crippen LogP contribution in [0.5, 0.6) is 11.5 Å². The van der Waals surface area contributed by atoms with Crippen molar-refractivity contribution in [1.29, 1.82) is 0 Å². The summed E-state index contributed by atoms with van der Waals surface area (Å²) in [5.41, 5.74) is 5.58. The maximum Gasteiger partial charge on any atom is 0.161 e. The summed E-state index contributed by atoms with van der Waals surface area (Å²) in [7, 11) is 0. The molecule has 0 saturated carbocycles. The molecule has 0 aromatic heterocycles. The first-order valence-electron chi connectivity index (χ1n) is 7.47. The van der Waals surface area contributed by atoms with Crippen molar-refractivity contribution in [3.8, 4) is 11.5 Å². The van der Waals surface area contributed by atoms with Crippen LogP contribution in [0.15, 0.2) is 24.3 Å². The topological polar surface area (TPSA) is 47.7 Å². The van der Waals surface area contributed by atoms with E-state index in [1.165, 1.54) is 0 Å². The lowest BCUT2D eigenvalue weighted by Gasteiger charge is -2.26. The highest BCUT2D eigenvalue weighted by molar-refractivity contribution is 5.39. The van der Waals surface area contributed by atoms with E-state index in [1.54, 1.807) is 0 Å². The largest absolute Gasteiger partial charge is 0.490 e. The Kier molecular flexibility index (Phi) is 8.07. The molecular formula is C16H28N2O2. The van der Waals surface area contributed by atoms with E-state index in [0.29, 0.717) is 19.3 Å². The van der Waals surface area contributed by atoms with Gasteiger partial charge in [-0.1, -0.05) is 12.1 Å². The van der Waals surface area contributed by atoms with Gasteiger partial charge in [-0.25, -0.2) is 0 Å². The summed E-state index contributed by atoms with van der Waals surface area (Å²) < 4.78 is 11.4. The minimum absolute atomic E-state index is 0.507. The van der Waals surface area contributed by atoms with Gasteiger partial charge in [-0.3, -0.25) is 4.90 Å². The van der Waals surface area contributed by atoms with Crippen LogP contribution in [0.4, 0.5) is 0 Å². The number of para-hydroxylation sites is 2. The fraction of sp³-hybridized carbons (Fsp3) is 0.625. The molecule has 0 aliphatic rings. The Morgan fingerprint density at radius 3 is 2.30 bits per heavy atom. The zero-order valence-electron chi connectivity index (χ0n) is 13.0. The quantitative estimate of drug-likeness (QED) is 0.715. The van der Waals surface area contributed by atoms with E-state index in [1.807, 2.05) is 31.2 Å². The van der Waals surface area contributed by atoms with Gasteiger partial charge >= 0.3 is 0 Å². The molecule has 0 saturated heterocycles. The van der Waals surface area contributed by atoms with E-state index in [-0.39, 0.29) is 0 Å².